The number of aromatic nitrogens is 2. The molecule has 1 unspecified atom stereocenters. The molecule has 0 bridgehead atoms. The predicted molar refractivity (Wildman–Crippen MR) is 72.5 cm³/mol. The van der Waals surface area contributed by atoms with Gasteiger partial charge in [0, 0.05) is 25.4 Å². The van der Waals surface area contributed by atoms with Crippen molar-refractivity contribution in [2.75, 3.05) is 6.61 Å². The van der Waals surface area contributed by atoms with E-state index in [2.05, 4.69) is 23.3 Å². The van der Waals surface area contributed by atoms with E-state index in [1.165, 1.54) is 0 Å². The Morgan fingerprint density at radius 3 is 3.05 bits per heavy atom. The highest BCUT2D eigenvalue weighted by atomic mass is 16.3. The summed E-state index contributed by atoms with van der Waals surface area (Å²) >= 11 is 0. The first kappa shape index (κ1) is 13.5. The molecule has 0 aliphatic rings. The predicted octanol–water partition coefficient (Wildman–Crippen LogP) is 1.46. The number of aliphatic hydroxyl groups is 1. The number of aliphatic hydroxyl groups excluding tert-OH is 1. The van der Waals surface area contributed by atoms with Crippen LogP contribution < -0.4 is 5.32 Å². The van der Waals surface area contributed by atoms with E-state index < -0.39 is 0 Å². The van der Waals surface area contributed by atoms with Crippen LogP contribution in [0.5, 0.6) is 0 Å². The highest BCUT2D eigenvalue weighted by molar-refractivity contribution is 5.44. The Morgan fingerprint density at radius 1 is 1.53 bits per heavy atom. The van der Waals surface area contributed by atoms with Gasteiger partial charge in [-0.2, -0.15) is 5.26 Å². The first-order valence-corrected chi connectivity index (χ1v) is 6.48. The third-order valence-corrected chi connectivity index (χ3v) is 3.25. The van der Waals surface area contributed by atoms with Crippen LogP contribution in [0.2, 0.25) is 0 Å². The van der Waals surface area contributed by atoms with Gasteiger partial charge in [0.2, 0.25) is 0 Å². The van der Waals surface area contributed by atoms with Crippen molar-refractivity contribution in [2.45, 2.75) is 32.4 Å². The molecule has 0 amide bonds. The summed E-state index contributed by atoms with van der Waals surface area (Å²) in [4.78, 5) is 4.31. The highest BCUT2D eigenvalue weighted by Crippen LogP contribution is 2.09. The molecule has 0 aliphatic carbocycles. The fourth-order valence-electron chi connectivity index (χ4n) is 2.08. The third-order valence-electron chi connectivity index (χ3n) is 3.25. The minimum Gasteiger partial charge on any atom is -0.396 e. The maximum absolute atomic E-state index is 8.97. The molecule has 2 heterocycles. The van der Waals surface area contributed by atoms with E-state index in [0.717, 1.165) is 24.2 Å². The van der Waals surface area contributed by atoms with Crippen LogP contribution in [-0.2, 0) is 6.54 Å². The number of hydrogen-bond donors (Lipinski definition) is 2. The first-order valence-electron chi connectivity index (χ1n) is 6.48. The number of pyridine rings is 1. The fraction of sp³-hybridized carbons (Fsp3) is 0.429. The van der Waals surface area contributed by atoms with Gasteiger partial charge >= 0.3 is 0 Å². The largest absolute Gasteiger partial charge is 0.396 e. The second-order valence-electron chi connectivity index (χ2n) is 4.51. The lowest BCUT2D eigenvalue weighted by Gasteiger charge is -2.15. The van der Waals surface area contributed by atoms with Gasteiger partial charge in [-0.25, -0.2) is 4.98 Å². The molecule has 2 aromatic heterocycles. The smallest absolute Gasteiger partial charge is 0.137 e. The molecule has 0 saturated heterocycles. The van der Waals surface area contributed by atoms with E-state index >= 15 is 0 Å². The molecular formula is C14H18N4O. The summed E-state index contributed by atoms with van der Waals surface area (Å²) in [6.45, 7) is 2.96. The average Bonchev–Trinajstić information content (AvgIpc) is 2.85. The van der Waals surface area contributed by atoms with Crippen molar-refractivity contribution in [1.82, 2.24) is 14.7 Å². The molecule has 100 valence electrons. The molecule has 0 aliphatic heterocycles. The van der Waals surface area contributed by atoms with Crippen molar-refractivity contribution < 1.29 is 5.11 Å². The van der Waals surface area contributed by atoms with Crippen molar-refractivity contribution >= 4 is 5.65 Å². The molecule has 2 rings (SSSR count). The van der Waals surface area contributed by atoms with E-state index in [0.29, 0.717) is 18.2 Å². The van der Waals surface area contributed by atoms with E-state index in [9.17, 15) is 0 Å². The topological polar surface area (TPSA) is 73.3 Å². The minimum atomic E-state index is 0.192. The van der Waals surface area contributed by atoms with Gasteiger partial charge in [0.05, 0.1) is 17.5 Å². The second-order valence-corrected chi connectivity index (χ2v) is 4.51. The summed E-state index contributed by atoms with van der Waals surface area (Å²) in [6, 6.07) is 6.04. The normalized spacial score (nSPS) is 12.5. The van der Waals surface area contributed by atoms with Gasteiger partial charge in [-0.1, -0.05) is 6.92 Å². The van der Waals surface area contributed by atoms with Crippen molar-refractivity contribution in [3.8, 4) is 6.07 Å². The Hall–Kier alpha value is -1.90. The standard InChI is InChI=1S/C14H18N4O/c1-2-12(5-6-19)16-8-13-9-17-14-4-3-11(7-15)10-18(13)14/h3-4,9-10,12,16,19H,2,5-6,8H2,1H3. The van der Waals surface area contributed by atoms with Gasteiger partial charge in [-0.15, -0.1) is 0 Å². The molecule has 5 heteroatoms. The Morgan fingerprint density at radius 2 is 2.37 bits per heavy atom. The quantitative estimate of drug-likeness (QED) is 0.822. The van der Waals surface area contributed by atoms with Crippen LogP contribution >= 0.6 is 0 Å². The van der Waals surface area contributed by atoms with Crippen LogP contribution in [-0.4, -0.2) is 27.1 Å². The molecule has 0 aromatic carbocycles. The van der Waals surface area contributed by atoms with E-state index in [1.807, 2.05) is 16.7 Å². The Bertz CT molecular complexity index is 585. The SMILES string of the molecule is CCC(CCO)NCc1cnc2ccc(C#N)cn12. The van der Waals surface area contributed by atoms with Crippen molar-refractivity contribution in [2.24, 2.45) is 0 Å². The lowest BCUT2D eigenvalue weighted by molar-refractivity contribution is 0.261. The highest BCUT2D eigenvalue weighted by Gasteiger charge is 2.08. The Labute approximate surface area is 112 Å². The maximum Gasteiger partial charge on any atom is 0.137 e. The number of nitrogens with one attached hydrogen (secondary N) is 1. The van der Waals surface area contributed by atoms with Crippen molar-refractivity contribution in [3.63, 3.8) is 0 Å². The number of nitriles is 1. The summed E-state index contributed by atoms with van der Waals surface area (Å²) in [7, 11) is 0. The van der Waals surface area contributed by atoms with Crippen molar-refractivity contribution in [3.05, 3.63) is 35.8 Å². The van der Waals surface area contributed by atoms with Crippen LogP contribution in [0.25, 0.3) is 5.65 Å². The van der Waals surface area contributed by atoms with Crippen LogP contribution in [0, 0.1) is 11.3 Å². The van der Waals surface area contributed by atoms with Crippen LogP contribution in [0.3, 0.4) is 0 Å². The van der Waals surface area contributed by atoms with E-state index in [1.54, 1.807) is 12.3 Å². The van der Waals surface area contributed by atoms with Crippen LogP contribution in [0.15, 0.2) is 24.5 Å². The van der Waals surface area contributed by atoms with Gasteiger partial charge in [0.1, 0.15) is 11.7 Å². The minimum absolute atomic E-state index is 0.192. The monoisotopic (exact) mass is 258 g/mol. The molecule has 1 atom stereocenters. The molecule has 5 nitrogen and oxygen atoms in total. The molecule has 0 radical (unpaired) electrons. The number of imidazole rings is 1. The summed E-state index contributed by atoms with van der Waals surface area (Å²) < 4.78 is 1.93. The third kappa shape index (κ3) is 3.11. The van der Waals surface area contributed by atoms with Crippen LogP contribution in [0.1, 0.15) is 31.0 Å². The van der Waals surface area contributed by atoms with E-state index in [4.69, 9.17) is 10.4 Å². The fourth-order valence-corrected chi connectivity index (χ4v) is 2.08. The van der Waals surface area contributed by atoms with Gasteiger partial charge in [0.25, 0.3) is 0 Å². The summed E-state index contributed by atoms with van der Waals surface area (Å²) in [6.07, 6.45) is 5.33. The molecular weight excluding hydrogens is 240 g/mol. The molecule has 2 aromatic rings. The van der Waals surface area contributed by atoms with Gasteiger partial charge in [-0.05, 0) is 25.0 Å². The Balaban J connectivity index is 2.14. The zero-order chi connectivity index (χ0) is 13.7. The zero-order valence-corrected chi connectivity index (χ0v) is 11.0. The van der Waals surface area contributed by atoms with Gasteiger partial charge in [0.15, 0.2) is 0 Å². The zero-order valence-electron chi connectivity index (χ0n) is 11.0. The molecule has 0 saturated carbocycles. The van der Waals surface area contributed by atoms with Crippen molar-refractivity contribution in [1.29, 1.82) is 5.26 Å². The second kappa shape index (κ2) is 6.32. The summed E-state index contributed by atoms with van der Waals surface area (Å²) in [5, 5.41) is 21.3. The molecule has 2 N–H and O–H groups in total. The average molecular weight is 258 g/mol. The van der Waals surface area contributed by atoms with E-state index in [-0.39, 0.29) is 6.61 Å². The first-order chi connectivity index (χ1) is 9.28. The lowest BCUT2D eigenvalue weighted by atomic mass is 10.1. The summed E-state index contributed by atoms with van der Waals surface area (Å²) in [5.74, 6) is 0. The molecule has 0 fully saturated rings. The van der Waals surface area contributed by atoms with Crippen LogP contribution in [0.4, 0.5) is 0 Å². The maximum atomic E-state index is 8.97. The molecule has 0 spiro atoms. The molecule has 19 heavy (non-hydrogen) atoms. The number of fused-ring (bicyclic) bond motifs is 1. The van der Waals surface area contributed by atoms with Gasteiger partial charge in [-0.3, -0.25) is 0 Å². The Kier molecular flexibility index (Phi) is 4.50. The van der Waals surface area contributed by atoms with Gasteiger partial charge < -0.3 is 14.8 Å². The number of rotatable bonds is 6. The lowest BCUT2D eigenvalue weighted by Crippen LogP contribution is -2.29. The number of hydrogen-bond acceptors (Lipinski definition) is 4. The number of nitrogens with zero attached hydrogens (tertiary/aromatic N) is 3. The summed E-state index contributed by atoms with van der Waals surface area (Å²) in [5.41, 5.74) is 2.48.